The Hall–Kier alpha value is -2.77. The molecule has 1 unspecified atom stereocenters. The van der Waals surface area contributed by atoms with Crippen LogP contribution in [0.1, 0.15) is 18.4 Å². The lowest BCUT2D eigenvalue weighted by molar-refractivity contribution is -0.153. The summed E-state index contributed by atoms with van der Waals surface area (Å²) in [6, 6.07) is 6.99. The van der Waals surface area contributed by atoms with Gasteiger partial charge in [0, 0.05) is 18.4 Å². The molecule has 1 rings (SSSR count). The molecule has 8 heteroatoms. The normalized spacial score (nSPS) is 11.1. The summed E-state index contributed by atoms with van der Waals surface area (Å²) in [6.45, 7) is -0.0895. The fourth-order valence-corrected chi connectivity index (χ4v) is 1.82. The zero-order chi connectivity index (χ0) is 17.9. The topological polar surface area (TPSA) is 97.4 Å². The Morgan fingerprint density at radius 3 is 2.38 bits per heavy atom. The van der Waals surface area contributed by atoms with E-state index in [1.807, 2.05) is 0 Å². The minimum atomic E-state index is -1.25. The van der Waals surface area contributed by atoms with Gasteiger partial charge in [0.15, 0.2) is 0 Å². The van der Waals surface area contributed by atoms with Gasteiger partial charge in [-0.1, -0.05) is 18.2 Å². The van der Waals surface area contributed by atoms with Gasteiger partial charge >= 0.3 is 18.1 Å². The minimum Gasteiger partial charge on any atom is -0.496 e. The summed E-state index contributed by atoms with van der Waals surface area (Å²) in [6.07, 6.45) is -2.47. The maximum Gasteiger partial charge on any atom is 0.509 e. The van der Waals surface area contributed by atoms with Gasteiger partial charge < -0.3 is 23.7 Å². The van der Waals surface area contributed by atoms with Crippen molar-refractivity contribution in [2.75, 3.05) is 21.3 Å². The number of carbonyl (C=O) groups excluding carboxylic acids is 3. The molecule has 0 heterocycles. The van der Waals surface area contributed by atoms with E-state index >= 15 is 0 Å². The van der Waals surface area contributed by atoms with Crippen LogP contribution in [0, 0.1) is 0 Å². The van der Waals surface area contributed by atoms with Crippen molar-refractivity contribution in [3.63, 3.8) is 0 Å². The van der Waals surface area contributed by atoms with E-state index in [-0.39, 0.29) is 19.4 Å². The Morgan fingerprint density at radius 1 is 1.04 bits per heavy atom. The summed E-state index contributed by atoms with van der Waals surface area (Å²) in [5.74, 6) is -0.761. The van der Waals surface area contributed by atoms with Gasteiger partial charge in [0.1, 0.15) is 12.4 Å². The third-order valence-corrected chi connectivity index (χ3v) is 3.08. The average molecular weight is 340 g/mol. The van der Waals surface area contributed by atoms with Gasteiger partial charge in [0.2, 0.25) is 6.10 Å². The summed E-state index contributed by atoms with van der Waals surface area (Å²) >= 11 is 0. The monoisotopic (exact) mass is 340 g/mol. The molecule has 0 radical (unpaired) electrons. The highest BCUT2D eigenvalue weighted by molar-refractivity contribution is 5.78. The smallest absolute Gasteiger partial charge is 0.496 e. The second-order valence-electron chi connectivity index (χ2n) is 4.59. The molecule has 0 aliphatic rings. The van der Waals surface area contributed by atoms with Crippen molar-refractivity contribution in [1.29, 1.82) is 0 Å². The molecule has 0 bridgehead atoms. The number of benzene rings is 1. The zero-order valence-electron chi connectivity index (χ0n) is 13.8. The van der Waals surface area contributed by atoms with E-state index in [4.69, 9.17) is 14.2 Å². The second-order valence-corrected chi connectivity index (χ2v) is 4.59. The molecule has 1 aromatic rings. The predicted octanol–water partition coefficient (Wildman–Crippen LogP) is 1.84. The first-order valence-electron chi connectivity index (χ1n) is 7.11. The molecule has 0 N–H and O–H groups in total. The van der Waals surface area contributed by atoms with E-state index in [2.05, 4.69) is 9.47 Å². The van der Waals surface area contributed by atoms with Crippen molar-refractivity contribution in [2.24, 2.45) is 0 Å². The first kappa shape index (κ1) is 19.3. The van der Waals surface area contributed by atoms with Gasteiger partial charge in [-0.15, -0.1) is 0 Å². The molecular formula is C16H20O8. The van der Waals surface area contributed by atoms with Gasteiger partial charge in [-0.3, -0.25) is 4.79 Å². The quantitative estimate of drug-likeness (QED) is 0.522. The third kappa shape index (κ3) is 6.15. The second kappa shape index (κ2) is 10.1. The number of esters is 2. The van der Waals surface area contributed by atoms with Crippen LogP contribution in [0.2, 0.25) is 0 Å². The van der Waals surface area contributed by atoms with Gasteiger partial charge in [-0.05, 0) is 6.07 Å². The lowest BCUT2D eigenvalue weighted by Gasteiger charge is -2.15. The number of ether oxygens (including phenoxy) is 5. The number of hydrogen-bond acceptors (Lipinski definition) is 8. The van der Waals surface area contributed by atoms with Crippen molar-refractivity contribution in [3.8, 4) is 5.75 Å². The average Bonchev–Trinajstić information content (AvgIpc) is 2.62. The van der Waals surface area contributed by atoms with E-state index in [1.165, 1.54) is 14.2 Å². The molecule has 1 aromatic carbocycles. The number of methoxy groups -OCH3 is 3. The van der Waals surface area contributed by atoms with Gasteiger partial charge in [0.05, 0.1) is 21.3 Å². The SMILES string of the molecule is COC(=O)CCC(OC(=O)OCc1ccccc1OC)C(=O)OC. The largest absolute Gasteiger partial charge is 0.509 e. The van der Waals surface area contributed by atoms with Crippen LogP contribution in [-0.4, -0.2) is 45.5 Å². The highest BCUT2D eigenvalue weighted by Gasteiger charge is 2.26. The first-order chi connectivity index (χ1) is 11.5. The van der Waals surface area contributed by atoms with E-state index in [0.717, 1.165) is 7.11 Å². The van der Waals surface area contributed by atoms with Gasteiger partial charge in [0.25, 0.3) is 0 Å². The van der Waals surface area contributed by atoms with Crippen molar-refractivity contribution in [1.82, 2.24) is 0 Å². The number of hydrogen-bond donors (Lipinski definition) is 0. The summed E-state index contributed by atoms with van der Waals surface area (Å²) < 4.78 is 24.0. The van der Waals surface area contributed by atoms with E-state index in [9.17, 15) is 14.4 Å². The third-order valence-electron chi connectivity index (χ3n) is 3.08. The first-order valence-corrected chi connectivity index (χ1v) is 7.11. The standard InChI is InChI=1S/C16H20O8/c1-20-12-7-5-4-6-11(12)10-23-16(19)24-13(15(18)22-3)8-9-14(17)21-2/h4-7,13H,8-10H2,1-3H3. The molecule has 0 aromatic heterocycles. The van der Waals surface area contributed by atoms with Gasteiger partial charge in [-0.25, -0.2) is 9.59 Å². The lowest BCUT2D eigenvalue weighted by Crippen LogP contribution is -2.29. The fraction of sp³-hybridized carbons (Fsp3) is 0.438. The number of carbonyl (C=O) groups is 3. The van der Waals surface area contributed by atoms with Crippen LogP contribution in [0.4, 0.5) is 4.79 Å². The Balaban J connectivity index is 2.57. The van der Waals surface area contributed by atoms with Crippen LogP contribution in [0.3, 0.4) is 0 Å². The minimum absolute atomic E-state index is 0.0664. The Bertz CT molecular complexity index is 569. The molecule has 0 spiro atoms. The van der Waals surface area contributed by atoms with Crippen LogP contribution < -0.4 is 4.74 Å². The van der Waals surface area contributed by atoms with E-state index < -0.39 is 24.2 Å². The van der Waals surface area contributed by atoms with Crippen molar-refractivity contribution in [2.45, 2.75) is 25.6 Å². The van der Waals surface area contributed by atoms with Gasteiger partial charge in [-0.2, -0.15) is 0 Å². The maximum atomic E-state index is 11.8. The zero-order valence-corrected chi connectivity index (χ0v) is 13.8. The molecule has 0 amide bonds. The summed E-state index contributed by atoms with van der Waals surface area (Å²) in [5, 5.41) is 0. The molecule has 1 atom stereocenters. The van der Waals surface area contributed by atoms with Crippen LogP contribution in [0.5, 0.6) is 5.75 Å². The Morgan fingerprint density at radius 2 is 1.75 bits per heavy atom. The highest BCUT2D eigenvalue weighted by Crippen LogP contribution is 2.18. The molecule has 0 saturated heterocycles. The molecule has 0 saturated carbocycles. The van der Waals surface area contributed by atoms with Crippen molar-refractivity contribution >= 4 is 18.1 Å². The van der Waals surface area contributed by atoms with Crippen molar-refractivity contribution < 1.29 is 38.1 Å². The van der Waals surface area contributed by atoms with E-state index in [0.29, 0.717) is 11.3 Å². The molecule has 0 aliphatic heterocycles. The van der Waals surface area contributed by atoms with E-state index in [1.54, 1.807) is 24.3 Å². The summed E-state index contributed by atoms with van der Waals surface area (Å²) in [5.41, 5.74) is 0.640. The molecule has 24 heavy (non-hydrogen) atoms. The molecular weight excluding hydrogens is 320 g/mol. The van der Waals surface area contributed by atoms with Crippen LogP contribution >= 0.6 is 0 Å². The molecule has 0 aliphatic carbocycles. The maximum absolute atomic E-state index is 11.8. The Kier molecular flexibility index (Phi) is 8.10. The highest BCUT2D eigenvalue weighted by atomic mass is 16.7. The summed E-state index contributed by atoms with van der Waals surface area (Å²) in [4.78, 5) is 34.5. The number of rotatable bonds is 8. The molecule has 8 nitrogen and oxygen atoms in total. The van der Waals surface area contributed by atoms with Crippen molar-refractivity contribution in [3.05, 3.63) is 29.8 Å². The molecule has 132 valence electrons. The lowest BCUT2D eigenvalue weighted by atomic mass is 10.2. The number of para-hydroxylation sites is 1. The predicted molar refractivity (Wildman–Crippen MR) is 81.3 cm³/mol. The molecule has 0 fully saturated rings. The van der Waals surface area contributed by atoms with Crippen LogP contribution in [-0.2, 0) is 35.1 Å². The summed E-state index contributed by atoms with van der Waals surface area (Å²) in [7, 11) is 3.87. The fourth-order valence-electron chi connectivity index (χ4n) is 1.82. The van der Waals surface area contributed by atoms with Crippen LogP contribution in [0.25, 0.3) is 0 Å². The van der Waals surface area contributed by atoms with Crippen LogP contribution in [0.15, 0.2) is 24.3 Å². The Labute approximate surface area is 139 Å².